The summed E-state index contributed by atoms with van der Waals surface area (Å²) in [5.74, 6) is 0. The Hall–Kier alpha value is -1.40. The molecule has 1 unspecified atom stereocenters. The van der Waals surface area contributed by atoms with E-state index in [2.05, 4.69) is 29.0 Å². The number of rotatable bonds is 10. The molecule has 138 valence electrons. The van der Waals surface area contributed by atoms with Gasteiger partial charge in [0.15, 0.2) is 0 Å². The van der Waals surface area contributed by atoms with Gasteiger partial charge in [-0.3, -0.25) is 9.88 Å². The lowest BCUT2D eigenvalue weighted by molar-refractivity contribution is 0.159. The molecule has 1 aromatic carbocycles. The second-order valence-corrected chi connectivity index (χ2v) is 6.89. The van der Waals surface area contributed by atoms with E-state index in [-0.39, 0.29) is 13.2 Å². The van der Waals surface area contributed by atoms with Crippen molar-refractivity contribution in [3.05, 3.63) is 35.0 Å². The lowest BCUT2D eigenvalue weighted by Crippen LogP contribution is -2.31. The number of anilines is 1. The molecule has 1 aromatic heterocycles. The molecule has 2 aromatic rings. The van der Waals surface area contributed by atoms with E-state index >= 15 is 0 Å². The van der Waals surface area contributed by atoms with E-state index in [4.69, 9.17) is 21.8 Å². The first kappa shape index (κ1) is 19.9. The van der Waals surface area contributed by atoms with Crippen molar-refractivity contribution in [2.75, 3.05) is 38.2 Å². The molecule has 0 saturated carbocycles. The molecule has 0 aliphatic carbocycles. The van der Waals surface area contributed by atoms with Crippen LogP contribution in [-0.4, -0.2) is 59.0 Å². The summed E-state index contributed by atoms with van der Waals surface area (Å²) >= 11 is 6.07. The highest BCUT2D eigenvalue weighted by Gasteiger charge is 2.11. The summed E-state index contributed by atoms with van der Waals surface area (Å²) in [6.07, 6.45) is 3.88. The Morgan fingerprint density at radius 3 is 2.60 bits per heavy atom. The quantitative estimate of drug-likeness (QED) is 0.603. The van der Waals surface area contributed by atoms with Gasteiger partial charge in [0.2, 0.25) is 0 Å². The molecule has 25 heavy (non-hydrogen) atoms. The molecular weight excluding hydrogens is 338 g/mol. The Morgan fingerprint density at radius 2 is 1.92 bits per heavy atom. The predicted octanol–water partition coefficient (Wildman–Crippen LogP) is 3.06. The van der Waals surface area contributed by atoms with E-state index in [1.54, 1.807) is 0 Å². The van der Waals surface area contributed by atoms with Crippen LogP contribution in [0.15, 0.2) is 24.4 Å². The van der Waals surface area contributed by atoms with Gasteiger partial charge in [-0.2, -0.15) is 0 Å². The molecule has 0 bridgehead atoms. The maximum atomic E-state index is 9.07. The number of benzene rings is 1. The maximum absolute atomic E-state index is 9.07. The third-order valence-corrected chi connectivity index (χ3v) is 4.59. The smallest absolute Gasteiger partial charge is 0.0737 e. The number of hydrogen-bond acceptors (Lipinski definition) is 5. The van der Waals surface area contributed by atoms with Gasteiger partial charge in [-0.15, -0.1) is 0 Å². The minimum atomic E-state index is 0.124. The van der Waals surface area contributed by atoms with Crippen LogP contribution in [0, 0.1) is 6.92 Å². The second-order valence-electron chi connectivity index (χ2n) is 6.45. The molecule has 2 rings (SSSR count). The van der Waals surface area contributed by atoms with Crippen molar-refractivity contribution in [2.45, 2.75) is 32.7 Å². The van der Waals surface area contributed by atoms with Gasteiger partial charge in [-0.25, -0.2) is 0 Å². The zero-order chi connectivity index (χ0) is 18.2. The molecule has 1 atom stereocenters. The van der Waals surface area contributed by atoms with E-state index in [0.717, 1.165) is 41.5 Å². The average molecular weight is 366 g/mol. The number of nitrogens with one attached hydrogen (secondary N) is 1. The van der Waals surface area contributed by atoms with Crippen molar-refractivity contribution in [1.82, 2.24) is 9.88 Å². The van der Waals surface area contributed by atoms with E-state index in [0.29, 0.717) is 24.2 Å². The van der Waals surface area contributed by atoms with Gasteiger partial charge in [0.1, 0.15) is 0 Å². The van der Waals surface area contributed by atoms with E-state index < -0.39 is 0 Å². The van der Waals surface area contributed by atoms with Crippen molar-refractivity contribution in [2.24, 2.45) is 0 Å². The SMILES string of the molecule is Cc1cnc2cc(Cl)ccc2c1NC(C)CCCN(CCO)CCO. The summed E-state index contributed by atoms with van der Waals surface area (Å²) in [4.78, 5) is 6.54. The number of halogens is 1. The monoisotopic (exact) mass is 365 g/mol. The molecule has 1 heterocycles. The van der Waals surface area contributed by atoms with Gasteiger partial charge in [-0.1, -0.05) is 11.6 Å². The molecule has 0 amide bonds. The Bertz CT molecular complexity index is 675. The normalized spacial score (nSPS) is 12.7. The highest BCUT2D eigenvalue weighted by Crippen LogP contribution is 2.28. The molecule has 6 heteroatoms. The number of nitrogens with zero attached hydrogens (tertiary/aromatic N) is 2. The Labute approximate surface area is 154 Å². The molecule has 0 spiro atoms. The summed E-state index contributed by atoms with van der Waals surface area (Å²) in [5, 5.41) is 23.5. The van der Waals surface area contributed by atoms with E-state index in [1.807, 2.05) is 24.4 Å². The van der Waals surface area contributed by atoms with E-state index in [9.17, 15) is 0 Å². The predicted molar refractivity (Wildman–Crippen MR) is 104 cm³/mol. The first-order valence-corrected chi connectivity index (χ1v) is 9.18. The fourth-order valence-corrected chi connectivity index (χ4v) is 3.18. The van der Waals surface area contributed by atoms with Gasteiger partial charge in [-0.05, 0) is 57.0 Å². The van der Waals surface area contributed by atoms with Crippen molar-refractivity contribution in [3.63, 3.8) is 0 Å². The summed E-state index contributed by atoms with van der Waals surface area (Å²) in [5.41, 5.74) is 3.12. The Kier molecular flexibility index (Phi) is 7.90. The summed E-state index contributed by atoms with van der Waals surface area (Å²) in [6.45, 7) is 6.56. The fourth-order valence-electron chi connectivity index (χ4n) is 3.02. The first-order valence-electron chi connectivity index (χ1n) is 8.80. The van der Waals surface area contributed by atoms with Crippen LogP contribution in [-0.2, 0) is 0 Å². The zero-order valence-electron chi connectivity index (χ0n) is 15.0. The molecule has 5 nitrogen and oxygen atoms in total. The number of fused-ring (bicyclic) bond motifs is 1. The molecule has 0 aliphatic rings. The van der Waals surface area contributed by atoms with Crippen LogP contribution in [0.4, 0.5) is 5.69 Å². The summed E-state index contributed by atoms with van der Waals surface area (Å²) < 4.78 is 0. The van der Waals surface area contributed by atoms with Crippen LogP contribution in [0.1, 0.15) is 25.3 Å². The summed E-state index contributed by atoms with van der Waals surface area (Å²) in [7, 11) is 0. The second kappa shape index (κ2) is 9.92. The van der Waals surface area contributed by atoms with E-state index in [1.165, 1.54) is 0 Å². The first-order chi connectivity index (χ1) is 12.0. The number of aliphatic hydroxyl groups excluding tert-OH is 2. The van der Waals surface area contributed by atoms with Crippen molar-refractivity contribution in [3.8, 4) is 0 Å². The van der Waals surface area contributed by atoms with Gasteiger partial charge < -0.3 is 15.5 Å². The zero-order valence-corrected chi connectivity index (χ0v) is 15.8. The summed E-state index contributed by atoms with van der Waals surface area (Å²) in [6, 6.07) is 6.10. The maximum Gasteiger partial charge on any atom is 0.0737 e. The van der Waals surface area contributed by atoms with Gasteiger partial charge in [0, 0.05) is 41.4 Å². The molecule has 0 aliphatic heterocycles. The third kappa shape index (κ3) is 5.82. The standard InChI is InChI=1S/C19H28ClN3O2/c1-14-13-21-18-12-16(20)5-6-17(18)19(14)22-15(2)4-3-7-23(8-10-24)9-11-25/h5-6,12-13,15,24-25H,3-4,7-11H2,1-2H3,(H,21,22). The number of aryl methyl sites for hydroxylation is 1. The minimum absolute atomic E-state index is 0.124. The largest absolute Gasteiger partial charge is 0.395 e. The number of pyridine rings is 1. The molecule has 0 fully saturated rings. The van der Waals surface area contributed by atoms with Gasteiger partial charge in [0.05, 0.1) is 18.7 Å². The van der Waals surface area contributed by atoms with Crippen LogP contribution in [0.3, 0.4) is 0 Å². The highest BCUT2D eigenvalue weighted by molar-refractivity contribution is 6.31. The van der Waals surface area contributed by atoms with Crippen LogP contribution in [0.5, 0.6) is 0 Å². The molecule has 3 N–H and O–H groups in total. The van der Waals surface area contributed by atoms with Crippen molar-refractivity contribution in [1.29, 1.82) is 0 Å². The minimum Gasteiger partial charge on any atom is -0.395 e. The van der Waals surface area contributed by atoms with Crippen molar-refractivity contribution < 1.29 is 10.2 Å². The van der Waals surface area contributed by atoms with Gasteiger partial charge >= 0.3 is 0 Å². The third-order valence-electron chi connectivity index (χ3n) is 4.36. The lowest BCUT2D eigenvalue weighted by Gasteiger charge is -2.22. The number of aliphatic hydroxyl groups is 2. The van der Waals surface area contributed by atoms with Crippen LogP contribution >= 0.6 is 11.6 Å². The van der Waals surface area contributed by atoms with Crippen LogP contribution in [0.25, 0.3) is 10.9 Å². The molecular formula is C19H28ClN3O2. The number of hydrogen-bond donors (Lipinski definition) is 3. The number of aromatic nitrogens is 1. The molecule has 0 radical (unpaired) electrons. The van der Waals surface area contributed by atoms with Gasteiger partial charge in [0.25, 0.3) is 0 Å². The Balaban J connectivity index is 1.97. The lowest BCUT2D eigenvalue weighted by atomic mass is 10.1. The Morgan fingerprint density at radius 1 is 1.20 bits per heavy atom. The van der Waals surface area contributed by atoms with Crippen LogP contribution < -0.4 is 5.32 Å². The molecule has 0 saturated heterocycles. The topological polar surface area (TPSA) is 68.6 Å². The highest BCUT2D eigenvalue weighted by atomic mass is 35.5. The average Bonchev–Trinajstić information content (AvgIpc) is 2.58. The fraction of sp³-hybridized carbons (Fsp3) is 0.526. The van der Waals surface area contributed by atoms with Crippen LogP contribution in [0.2, 0.25) is 5.02 Å². The van der Waals surface area contributed by atoms with Crippen molar-refractivity contribution >= 4 is 28.2 Å².